The van der Waals surface area contributed by atoms with Crippen LogP contribution in [0.1, 0.15) is 57.8 Å². The van der Waals surface area contributed by atoms with Crippen molar-refractivity contribution in [3.63, 3.8) is 0 Å². The Hall–Kier alpha value is -3.39. The van der Waals surface area contributed by atoms with Gasteiger partial charge in [0.05, 0.1) is 30.1 Å². The highest BCUT2D eigenvalue weighted by Crippen LogP contribution is 2.31. The van der Waals surface area contributed by atoms with Crippen molar-refractivity contribution in [2.45, 2.75) is 49.4 Å². The van der Waals surface area contributed by atoms with Gasteiger partial charge in [-0.15, -0.1) is 11.8 Å². The standard InChI is InChI=1S/C25H25N5O2S/c1-17-27-24(32-29-17)16-33-23-13-6-5-10-19(23)25(31)28-21-11-7-12-22-20(21)14-26-30(22)15-18-8-3-2-4-9-18/h2-6,8-10,13-14,21H,7,11-12,15-16H2,1H3,(H,28,31). The third-order valence-corrected chi connectivity index (χ3v) is 6.85. The van der Waals surface area contributed by atoms with E-state index in [0.717, 1.165) is 36.3 Å². The lowest BCUT2D eigenvalue weighted by Crippen LogP contribution is -2.31. The maximum atomic E-state index is 13.3. The number of nitrogens with one attached hydrogen (secondary N) is 1. The van der Waals surface area contributed by atoms with Gasteiger partial charge >= 0.3 is 0 Å². The van der Waals surface area contributed by atoms with Crippen LogP contribution in [0.2, 0.25) is 0 Å². The lowest BCUT2D eigenvalue weighted by molar-refractivity contribution is 0.0929. The lowest BCUT2D eigenvalue weighted by atomic mass is 9.92. The number of fused-ring (bicyclic) bond motifs is 1. The van der Waals surface area contributed by atoms with E-state index in [1.165, 1.54) is 23.0 Å². The number of carbonyl (C=O) groups excluding carboxylic acids is 1. The van der Waals surface area contributed by atoms with Gasteiger partial charge in [0.25, 0.3) is 5.91 Å². The van der Waals surface area contributed by atoms with Crippen LogP contribution in [0.15, 0.2) is 70.2 Å². The summed E-state index contributed by atoms with van der Waals surface area (Å²) in [5.41, 5.74) is 4.21. The Morgan fingerprint density at radius 3 is 2.82 bits per heavy atom. The smallest absolute Gasteiger partial charge is 0.252 e. The maximum absolute atomic E-state index is 13.3. The highest BCUT2D eigenvalue weighted by molar-refractivity contribution is 7.98. The molecule has 5 rings (SSSR count). The highest BCUT2D eigenvalue weighted by atomic mass is 32.2. The molecular formula is C25H25N5O2S. The number of amides is 1. The second-order valence-electron chi connectivity index (χ2n) is 8.13. The fraction of sp³-hybridized carbons (Fsp3) is 0.280. The molecule has 1 unspecified atom stereocenters. The third-order valence-electron chi connectivity index (χ3n) is 5.80. The van der Waals surface area contributed by atoms with E-state index in [1.54, 1.807) is 6.92 Å². The average Bonchev–Trinajstić information content (AvgIpc) is 3.45. The fourth-order valence-corrected chi connectivity index (χ4v) is 5.10. The molecule has 0 fully saturated rings. The number of thioether (sulfide) groups is 1. The Kier molecular flexibility index (Phi) is 6.26. The molecule has 168 valence electrons. The molecule has 0 aliphatic heterocycles. The van der Waals surface area contributed by atoms with Gasteiger partial charge in [-0.25, -0.2) is 0 Å². The van der Waals surface area contributed by atoms with E-state index in [2.05, 4.69) is 37.4 Å². The molecule has 2 heterocycles. The van der Waals surface area contributed by atoms with Crippen LogP contribution in [0, 0.1) is 6.92 Å². The van der Waals surface area contributed by atoms with Crippen molar-refractivity contribution in [3.8, 4) is 0 Å². The van der Waals surface area contributed by atoms with Gasteiger partial charge in [0, 0.05) is 16.2 Å². The summed E-state index contributed by atoms with van der Waals surface area (Å²) in [5, 5.41) is 11.7. The predicted octanol–water partition coefficient (Wildman–Crippen LogP) is 4.72. The molecule has 33 heavy (non-hydrogen) atoms. The van der Waals surface area contributed by atoms with Crippen molar-refractivity contribution in [2.24, 2.45) is 0 Å². The Morgan fingerprint density at radius 1 is 1.18 bits per heavy atom. The normalized spacial score (nSPS) is 15.2. The van der Waals surface area contributed by atoms with Crippen LogP contribution < -0.4 is 5.32 Å². The Balaban J connectivity index is 1.30. The van der Waals surface area contributed by atoms with Crippen LogP contribution in [0.25, 0.3) is 0 Å². The van der Waals surface area contributed by atoms with E-state index >= 15 is 0 Å². The zero-order chi connectivity index (χ0) is 22.6. The highest BCUT2D eigenvalue weighted by Gasteiger charge is 2.26. The molecule has 2 aromatic carbocycles. The number of carbonyl (C=O) groups is 1. The molecule has 1 N–H and O–H groups in total. The first-order valence-electron chi connectivity index (χ1n) is 11.1. The van der Waals surface area contributed by atoms with Crippen molar-refractivity contribution in [2.75, 3.05) is 0 Å². The molecule has 1 amide bonds. The molecule has 1 aliphatic carbocycles. The summed E-state index contributed by atoms with van der Waals surface area (Å²) in [6.07, 6.45) is 4.82. The fourth-order valence-electron chi connectivity index (χ4n) is 4.22. The molecule has 0 saturated carbocycles. The Morgan fingerprint density at radius 2 is 2.00 bits per heavy atom. The third kappa shape index (κ3) is 4.85. The Labute approximate surface area is 196 Å². The topological polar surface area (TPSA) is 85.8 Å². The van der Waals surface area contributed by atoms with Crippen molar-refractivity contribution in [3.05, 3.63) is 94.9 Å². The minimum atomic E-state index is -0.0755. The zero-order valence-electron chi connectivity index (χ0n) is 18.4. The lowest BCUT2D eigenvalue weighted by Gasteiger charge is -2.24. The summed E-state index contributed by atoms with van der Waals surface area (Å²) >= 11 is 1.52. The largest absolute Gasteiger partial charge is 0.345 e. The van der Waals surface area contributed by atoms with E-state index in [4.69, 9.17) is 4.52 Å². The molecule has 4 aromatic rings. The van der Waals surface area contributed by atoms with E-state index in [1.807, 2.05) is 48.7 Å². The second-order valence-corrected chi connectivity index (χ2v) is 9.15. The van der Waals surface area contributed by atoms with Gasteiger partial charge < -0.3 is 9.84 Å². The number of nitrogens with zero attached hydrogens (tertiary/aromatic N) is 4. The van der Waals surface area contributed by atoms with Gasteiger partial charge in [-0.1, -0.05) is 47.6 Å². The van der Waals surface area contributed by atoms with Crippen molar-refractivity contribution < 1.29 is 9.32 Å². The number of aryl methyl sites for hydroxylation is 1. The maximum Gasteiger partial charge on any atom is 0.252 e. The van der Waals surface area contributed by atoms with Crippen LogP contribution in [0.5, 0.6) is 0 Å². The van der Waals surface area contributed by atoms with Crippen LogP contribution >= 0.6 is 11.8 Å². The van der Waals surface area contributed by atoms with Gasteiger partial charge in [0.2, 0.25) is 5.89 Å². The van der Waals surface area contributed by atoms with Gasteiger partial charge in [0.1, 0.15) is 0 Å². The van der Waals surface area contributed by atoms with Gasteiger partial charge in [-0.2, -0.15) is 10.1 Å². The quantitative estimate of drug-likeness (QED) is 0.403. The number of hydrogen-bond acceptors (Lipinski definition) is 6. The van der Waals surface area contributed by atoms with Gasteiger partial charge in [-0.3, -0.25) is 9.48 Å². The van der Waals surface area contributed by atoms with Crippen molar-refractivity contribution in [1.82, 2.24) is 25.2 Å². The minimum Gasteiger partial charge on any atom is -0.345 e. The van der Waals surface area contributed by atoms with Crippen molar-refractivity contribution >= 4 is 17.7 Å². The van der Waals surface area contributed by atoms with Crippen LogP contribution in [0.3, 0.4) is 0 Å². The first-order valence-corrected chi connectivity index (χ1v) is 12.1. The van der Waals surface area contributed by atoms with E-state index in [9.17, 15) is 4.79 Å². The summed E-state index contributed by atoms with van der Waals surface area (Å²) in [5.74, 6) is 1.60. The SMILES string of the molecule is Cc1noc(CSc2ccccc2C(=O)NC2CCCc3c2cnn3Cc2ccccc2)n1. The molecule has 0 radical (unpaired) electrons. The van der Waals surface area contributed by atoms with E-state index in [0.29, 0.717) is 23.0 Å². The molecule has 1 atom stereocenters. The monoisotopic (exact) mass is 459 g/mol. The molecule has 8 heteroatoms. The second kappa shape index (κ2) is 9.62. The molecule has 1 aliphatic rings. The van der Waals surface area contributed by atoms with Gasteiger partial charge in [0.15, 0.2) is 5.82 Å². The summed E-state index contributed by atoms with van der Waals surface area (Å²) in [7, 11) is 0. The predicted molar refractivity (Wildman–Crippen MR) is 126 cm³/mol. The van der Waals surface area contributed by atoms with Crippen LogP contribution in [-0.4, -0.2) is 25.8 Å². The van der Waals surface area contributed by atoms with Crippen molar-refractivity contribution in [1.29, 1.82) is 0 Å². The van der Waals surface area contributed by atoms with Gasteiger partial charge in [-0.05, 0) is 43.9 Å². The molecular weight excluding hydrogens is 434 g/mol. The first kappa shape index (κ1) is 21.5. The van der Waals surface area contributed by atoms with E-state index in [-0.39, 0.29) is 11.9 Å². The average molecular weight is 460 g/mol. The number of hydrogen-bond donors (Lipinski definition) is 1. The van der Waals surface area contributed by atoms with Crippen LogP contribution in [0.4, 0.5) is 0 Å². The molecule has 0 bridgehead atoms. The summed E-state index contributed by atoms with van der Waals surface area (Å²) in [4.78, 5) is 18.4. The minimum absolute atomic E-state index is 0.0394. The first-order chi connectivity index (χ1) is 16.2. The van der Waals surface area contributed by atoms with Crippen LogP contribution in [-0.2, 0) is 18.7 Å². The zero-order valence-corrected chi connectivity index (χ0v) is 19.2. The summed E-state index contributed by atoms with van der Waals surface area (Å²) < 4.78 is 7.27. The summed E-state index contributed by atoms with van der Waals surface area (Å²) in [6.45, 7) is 2.53. The molecule has 0 saturated heterocycles. The number of rotatable bonds is 7. The molecule has 2 aromatic heterocycles. The molecule has 0 spiro atoms. The number of benzene rings is 2. The summed E-state index contributed by atoms with van der Waals surface area (Å²) in [6, 6.07) is 17.9. The van der Waals surface area contributed by atoms with E-state index < -0.39 is 0 Å². The number of aromatic nitrogens is 4. The molecule has 7 nitrogen and oxygen atoms in total. The Bertz CT molecular complexity index is 1250.